The van der Waals surface area contributed by atoms with Crippen LogP contribution in [0.5, 0.6) is 5.75 Å². The summed E-state index contributed by atoms with van der Waals surface area (Å²) in [4.78, 5) is 2.51. The van der Waals surface area contributed by atoms with E-state index in [1.165, 1.54) is 72.3 Å². The lowest BCUT2D eigenvalue weighted by Crippen LogP contribution is -2.60. The van der Waals surface area contributed by atoms with Gasteiger partial charge in [-0.15, -0.1) is 0 Å². The third-order valence-corrected chi connectivity index (χ3v) is 12.0. The number of fused-ring (bicyclic) bond motifs is 12. The van der Waals surface area contributed by atoms with Crippen molar-refractivity contribution in [3.63, 3.8) is 0 Å². The number of nitrogens with zero attached hydrogens (tertiary/aromatic N) is 2. The summed E-state index contributed by atoms with van der Waals surface area (Å²) in [6, 6.07) is 32.0. The van der Waals surface area contributed by atoms with Gasteiger partial charge >= 0.3 is 0 Å². The zero-order chi connectivity index (χ0) is 35.4. The molecule has 1 unspecified atom stereocenters. The van der Waals surface area contributed by atoms with E-state index in [0.29, 0.717) is 0 Å². The third kappa shape index (κ3) is 3.89. The topological polar surface area (TPSA) is 30.5 Å². The standard InChI is InChI=1S/C47H41BN2O2/c1-26-21-37-41-38(22-26)50-42-32(45-43(50)31-14-9-11-18-40(31)52-45)23-28(47(5,6)7)24-34(42)48(41)33-20-19-27(46(2,3)4)25-36(33)49(37)35-16-12-15-30-29-13-8-10-17-39(29)51-44(30)35/h8-17,19-25,40H,18H2,1-7H3. The number of rotatable bonds is 1. The van der Waals surface area contributed by atoms with E-state index in [4.69, 9.17) is 9.15 Å². The molecule has 0 saturated heterocycles. The lowest BCUT2D eigenvalue weighted by atomic mass is 9.33. The smallest absolute Gasteiger partial charge is 0.252 e. The van der Waals surface area contributed by atoms with Gasteiger partial charge in [-0.25, -0.2) is 0 Å². The Bertz CT molecular complexity index is 2800. The molecular formula is C47H41BN2O2. The van der Waals surface area contributed by atoms with Crippen LogP contribution < -0.4 is 26.0 Å². The molecule has 5 heterocycles. The Morgan fingerprint density at radius 2 is 1.50 bits per heavy atom. The molecule has 1 aliphatic carbocycles. The van der Waals surface area contributed by atoms with Gasteiger partial charge in [-0.3, -0.25) is 0 Å². The van der Waals surface area contributed by atoms with Gasteiger partial charge in [-0.1, -0.05) is 108 Å². The molecular weight excluding hydrogens is 635 g/mol. The molecule has 0 saturated carbocycles. The Balaban J connectivity index is 1.30. The molecule has 0 spiro atoms. The molecule has 254 valence electrons. The largest absolute Gasteiger partial charge is 0.482 e. The predicted molar refractivity (Wildman–Crippen MR) is 218 cm³/mol. The van der Waals surface area contributed by atoms with Crippen LogP contribution in [0.15, 0.2) is 108 Å². The van der Waals surface area contributed by atoms with Crippen LogP contribution in [0.1, 0.15) is 70.3 Å². The Hall–Kier alpha value is -5.42. The van der Waals surface area contributed by atoms with E-state index in [1.54, 1.807) is 0 Å². The molecule has 5 heteroatoms. The van der Waals surface area contributed by atoms with E-state index < -0.39 is 0 Å². The molecule has 1 atom stereocenters. The number of para-hydroxylation sites is 2. The average Bonchev–Trinajstić information content (AvgIpc) is 3.78. The number of benzene rings is 5. The number of aryl methyl sites for hydroxylation is 1. The highest BCUT2D eigenvalue weighted by Gasteiger charge is 2.46. The van der Waals surface area contributed by atoms with E-state index in [9.17, 15) is 0 Å². The number of aromatic nitrogens is 1. The lowest BCUT2D eigenvalue weighted by Gasteiger charge is -2.41. The molecule has 5 aromatic carbocycles. The van der Waals surface area contributed by atoms with Crippen molar-refractivity contribution in [3.8, 4) is 11.4 Å². The fourth-order valence-electron chi connectivity index (χ4n) is 9.44. The van der Waals surface area contributed by atoms with Crippen LogP contribution in [0.4, 0.5) is 17.1 Å². The van der Waals surface area contributed by atoms with E-state index in [0.717, 1.165) is 39.8 Å². The molecule has 7 aromatic rings. The molecule has 52 heavy (non-hydrogen) atoms. The van der Waals surface area contributed by atoms with Crippen LogP contribution in [-0.4, -0.2) is 17.4 Å². The van der Waals surface area contributed by atoms with Gasteiger partial charge in [0.15, 0.2) is 11.3 Å². The van der Waals surface area contributed by atoms with Gasteiger partial charge < -0.3 is 18.6 Å². The van der Waals surface area contributed by atoms with Gasteiger partial charge in [0.05, 0.1) is 16.9 Å². The normalized spacial score (nSPS) is 17.0. The van der Waals surface area contributed by atoms with Gasteiger partial charge in [-0.05, 0) is 87.2 Å². The molecule has 0 N–H and O–H groups in total. The van der Waals surface area contributed by atoms with Gasteiger partial charge in [0.25, 0.3) is 6.71 Å². The number of hydrogen-bond donors (Lipinski definition) is 0. The second kappa shape index (κ2) is 9.92. The number of hydrogen-bond acceptors (Lipinski definition) is 3. The van der Waals surface area contributed by atoms with E-state index >= 15 is 0 Å². The quantitative estimate of drug-likeness (QED) is 0.162. The van der Waals surface area contributed by atoms with Gasteiger partial charge in [0.2, 0.25) is 0 Å². The Kier molecular flexibility index (Phi) is 5.77. The van der Waals surface area contributed by atoms with Crippen molar-refractivity contribution in [1.82, 2.24) is 4.57 Å². The van der Waals surface area contributed by atoms with Crippen LogP contribution >= 0.6 is 0 Å². The summed E-state index contributed by atoms with van der Waals surface area (Å²) >= 11 is 0. The van der Waals surface area contributed by atoms with Crippen molar-refractivity contribution < 1.29 is 9.15 Å². The zero-order valence-electron chi connectivity index (χ0n) is 30.9. The van der Waals surface area contributed by atoms with E-state index in [-0.39, 0.29) is 23.6 Å². The second-order valence-corrected chi connectivity index (χ2v) is 17.4. The first-order valence-electron chi connectivity index (χ1n) is 18.7. The maximum absolute atomic E-state index is 6.94. The second-order valence-electron chi connectivity index (χ2n) is 17.4. The van der Waals surface area contributed by atoms with E-state index in [1.807, 2.05) is 0 Å². The molecule has 4 nitrogen and oxygen atoms in total. The zero-order valence-corrected chi connectivity index (χ0v) is 30.9. The molecule has 0 amide bonds. The number of allylic oxidation sites excluding steroid dienone is 2. The third-order valence-electron chi connectivity index (χ3n) is 12.0. The molecule has 0 radical (unpaired) electrons. The summed E-state index contributed by atoms with van der Waals surface area (Å²) in [6.07, 6.45) is 7.64. The lowest BCUT2D eigenvalue weighted by molar-refractivity contribution is 0.282. The molecule has 11 rings (SSSR count). The SMILES string of the molecule is Cc1cc2c3c(c1)-n1c4c(c5cc(C(C)(C)C)cc(c51)B3c1ccc(C(C)(C)C)cc1N2c1cccc2c1oc1ccccc12)OC1CC=CC=C41. The van der Waals surface area contributed by atoms with Crippen molar-refractivity contribution in [2.24, 2.45) is 0 Å². The highest BCUT2D eigenvalue weighted by molar-refractivity contribution is 7.00. The van der Waals surface area contributed by atoms with Gasteiger partial charge in [0.1, 0.15) is 11.7 Å². The van der Waals surface area contributed by atoms with Crippen LogP contribution in [0, 0.1) is 6.92 Å². The summed E-state index contributed by atoms with van der Waals surface area (Å²) in [5, 5.41) is 3.50. The number of furan rings is 1. The van der Waals surface area contributed by atoms with Crippen molar-refractivity contribution >= 4 is 78.6 Å². The Morgan fingerprint density at radius 3 is 2.33 bits per heavy atom. The molecule has 4 aliphatic rings. The first-order valence-corrected chi connectivity index (χ1v) is 18.7. The minimum absolute atomic E-state index is 0.0261. The van der Waals surface area contributed by atoms with E-state index in [2.05, 4.69) is 161 Å². The summed E-state index contributed by atoms with van der Waals surface area (Å²) in [6.45, 7) is 16.2. The van der Waals surface area contributed by atoms with Crippen molar-refractivity contribution in [2.75, 3.05) is 4.90 Å². The van der Waals surface area contributed by atoms with Gasteiger partial charge in [0, 0.05) is 45.2 Å². The first-order chi connectivity index (χ1) is 25.0. The molecule has 2 aromatic heterocycles. The highest BCUT2D eigenvalue weighted by Crippen LogP contribution is 2.51. The van der Waals surface area contributed by atoms with Crippen LogP contribution in [-0.2, 0) is 10.8 Å². The van der Waals surface area contributed by atoms with Crippen molar-refractivity contribution in [3.05, 3.63) is 126 Å². The molecule has 0 bridgehead atoms. The number of anilines is 3. The predicted octanol–water partition coefficient (Wildman–Crippen LogP) is 10.2. The van der Waals surface area contributed by atoms with Crippen molar-refractivity contribution in [1.29, 1.82) is 0 Å². The summed E-state index contributed by atoms with van der Waals surface area (Å²) in [7, 11) is 0. The van der Waals surface area contributed by atoms with Gasteiger partial charge in [-0.2, -0.15) is 0 Å². The Labute approximate surface area is 305 Å². The average molecular weight is 677 g/mol. The maximum atomic E-state index is 6.94. The minimum atomic E-state index is -0.0429. The first kappa shape index (κ1) is 30.2. The highest BCUT2D eigenvalue weighted by atomic mass is 16.5. The van der Waals surface area contributed by atoms with Crippen molar-refractivity contribution in [2.45, 2.75) is 71.8 Å². The summed E-state index contributed by atoms with van der Waals surface area (Å²) in [5.41, 5.74) is 18.1. The Morgan fingerprint density at radius 1 is 0.712 bits per heavy atom. The summed E-state index contributed by atoms with van der Waals surface area (Å²) < 4.78 is 16.3. The summed E-state index contributed by atoms with van der Waals surface area (Å²) in [5.74, 6) is 1.03. The maximum Gasteiger partial charge on any atom is 0.252 e. The van der Waals surface area contributed by atoms with Crippen LogP contribution in [0.2, 0.25) is 0 Å². The molecule has 3 aliphatic heterocycles. The van der Waals surface area contributed by atoms with Crippen LogP contribution in [0.25, 0.3) is 44.1 Å². The monoisotopic (exact) mass is 676 g/mol. The number of ether oxygens (including phenoxy) is 1. The fraction of sp³-hybridized carbons (Fsp3) is 0.234. The van der Waals surface area contributed by atoms with Crippen LogP contribution in [0.3, 0.4) is 0 Å². The fourth-order valence-corrected chi connectivity index (χ4v) is 9.44. The molecule has 0 fully saturated rings. The minimum Gasteiger partial charge on any atom is -0.482 e.